The lowest BCUT2D eigenvalue weighted by molar-refractivity contribution is 0.667. The van der Waals surface area contributed by atoms with E-state index in [4.69, 9.17) is 9.97 Å². The Labute approximate surface area is 416 Å². The highest BCUT2D eigenvalue weighted by molar-refractivity contribution is 7.22. The molecular weight excluding hydrogens is 867 g/mol. The minimum absolute atomic E-state index is 0.837. The molecule has 5 aromatic rings. The minimum Gasteiger partial charge on any atom is -0.355 e. The van der Waals surface area contributed by atoms with Gasteiger partial charge in [0.1, 0.15) is 10.9 Å². The maximum Gasteiger partial charge on any atom is 0.110 e. The van der Waals surface area contributed by atoms with Crippen LogP contribution in [0, 0.1) is 35.0 Å². The van der Waals surface area contributed by atoms with Crippen molar-refractivity contribution in [3.8, 4) is 39.5 Å². The number of aromatic amines is 2. The van der Waals surface area contributed by atoms with Crippen LogP contribution in [-0.2, 0) is 38.5 Å². The SMILES string of the molecule is CCCCCCc1cc(-c2cc(CCCCCC)c(C#CC#Cc3c4nc(cc5[nH]c(cc6[nH]c(cc7nc3C(CC)=C7CC)c(CC)c6CC)c(CC)c5CC)C(CC)=C4CC)s2)sc1C#N. The van der Waals surface area contributed by atoms with Gasteiger partial charge in [-0.25, -0.2) is 9.97 Å². The summed E-state index contributed by atoms with van der Waals surface area (Å²) in [7, 11) is 0. The summed E-state index contributed by atoms with van der Waals surface area (Å²) in [5.74, 6) is 14.0. The van der Waals surface area contributed by atoms with E-state index >= 15 is 0 Å². The van der Waals surface area contributed by atoms with Gasteiger partial charge in [-0.2, -0.15) is 5.26 Å². The van der Waals surface area contributed by atoms with E-state index in [0.717, 1.165) is 126 Å². The predicted octanol–water partition coefficient (Wildman–Crippen LogP) is 17.3. The summed E-state index contributed by atoms with van der Waals surface area (Å²) in [4.78, 5) is 23.3. The van der Waals surface area contributed by atoms with E-state index < -0.39 is 0 Å². The molecule has 354 valence electrons. The lowest BCUT2D eigenvalue weighted by Crippen LogP contribution is -1.95. The monoisotopic (exact) mass is 940 g/mol. The van der Waals surface area contributed by atoms with Gasteiger partial charge in [-0.15, -0.1) is 22.7 Å². The van der Waals surface area contributed by atoms with Crippen molar-refractivity contribution in [2.24, 2.45) is 0 Å². The van der Waals surface area contributed by atoms with Crippen molar-refractivity contribution in [1.29, 1.82) is 5.26 Å². The molecule has 7 heteroatoms. The van der Waals surface area contributed by atoms with Crippen LogP contribution < -0.4 is 0 Å². The lowest BCUT2D eigenvalue weighted by Gasteiger charge is -2.08. The van der Waals surface area contributed by atoms with Crippen LogP contribution >= 0.6 is 22.7 Å². The lowest BCUT2D eigenvalue weighted by atomic mass is 9.94. The molecule has 2 aliphatic heterocycles. The van der Waals surface area contributed by atoms with Gasteiger partial charge in [0, 0.05) is 31.8 Å². The molecular formula is C61H73N5S2. The number of nitriles is 1. The van der Waals surface area contributed by atoms with Crippen LogP contribution in [-0.4, -0.2) is 19.9 Å². The van der Waals surface area contributed by atoms with Crippen LogP contribution in [0.1, 0.15) is 218 Å². The standard InChI is InChI=1S/C61H73N5S2/c1-11-21-23-25-29-39-33-57(58-34-40(59(38-62)68-58)30-26-24-22-12-2)67-56(39)32-28-27-31-49-60-47(19-9)45(17-7)54(65-60)36-52-43(15-5)41(13-3)50(63-52)35-51-42(14-4)44(16-6)53(64-51)37-55-46(18-8)48(20-10)61(49)66-55/h33-37,63-64H,11-26,29-30H2,1-10H3. The quantitative estimate of drug-likeness (QED) is 0.0639. The third kappa shape index (κ3) is 10.4. The molecule has 68 heavy (non-hydrogen) atoms. The summed E-state index contributed by atoms with van der Waals surface area (Å²) in [5, 5.41) is 10.1. The number of nitrogens with zero attached hydrogens (tertiary/aromatic N) is 3. The molecule has 0 radical (unpaired) electrons. The molecule has 2 aliphatic rings. The predicted molar refractivity (Wildman–Crippen MR) is 295 cm³/mol. The fraction of sp³-hybridized carbons (Fsp3) is 0.459. The molecule has 0 aromatic carbocycles. The molecule has 2 N–H and O–H groups in total. The number of unbranched alkanes of at least 4 members (excludes halogenated alkanes) is 6. The molecule has 0 spiro atoms. The van der Waals surface area contributed by atoms with Gasteiger partial charge in [0.05, 0.1) is 33.2 Å². The van der Waals surface area contributed by atoms with Gasteiger partial charge in [-0.3, -0.25) is 0 Å². The summed E-state index contributed by atoms with van der Waals surface area (Å²) in [6, 6.07) is 14.1. The van der Waals surface area contributed by atoms with Gasteiger partial charge in [-0.05, 0) is 187 Å². The maximum atomic E-state index is 10.1. The van der Waals surface area contributed by atoms with E-state index in [0.29, 0.717) is 0 Å². The first-order valence-electron chi connectivity index (χ1n) is 26.2. The molecule has 5 nitrogen and oxygen atoms in total. The van der Waals surface area contributed by atoms with E-state index in [1.807, 2.05) is 0 Å². The Kier molecular flexibility index (Phi) is 17.6. The first-order valence-corrected chi connectivity index (χ1v) is 27.8. The van der Waals surface area contributed by atoms with E-state index in [2.05, 4.69) is 139 Å². The molecule has 0 amide bonds. The van der Waals surface area contributed by atoms with Gasteiger partial charge in [-0.1, -0.05) is 108 Å². The van der Waals surface area contributed by atoms with Gasteiger partial charge in [0.15, 0.2) is 0 Å². The fourth-order valence-electron chi connectivity index (χ4n) is 10.6. The second kappa shape index (κ2) is 23.8. The normalized spacial score (nSPS) is 12.4. The zero-order valence-electron chi connectivity index (χ0n) is 42.8. The molecule has 0 atom stereocenters. The number of aryl methyl sites for hydroxylation is 6. The van der Waals surface area contributed by atoms with Crippen molar-refractivity contribution in [3.63, 3.8) is 0 Å². The van der Waals surface area contributed by atoms with E-state index in [-0.39, 0.29) is 0 Å². The van der Waals surface area contributed by atoms with Crippen molar-refractivity contribution >= 4 is 67.0 Å². The van der Waals surface area contributed by atoms with Crippen molar-refractivity contribution in [2.45, 2.75) is 185 Å². The third-order valence-corrected chi connectivity index (χ3v) is 16.5. The summed E-state index contributed by atoms with van der Waals surface area (Å²) in [6.45, 7) is 22.6. The molecule has 0 saturated heterocycles. The van der Waals surface area contributed by atoms with Crippen molar-refractivity contribution in [3.05, 3.63) is 102 Å². The highest BCUT2D eigenvalue weighted by Gasteiger charge is 2.27. The Morgan fingerprint density at radius 1 is 0.456 bits per heavy atom. The van der Waals surface area contributed by atoms with E-state index in [1.54, 1.807) is 22.7 Å². The van der Waals surface area contributed by atoms with Gasteiger partial charge < -0.3 is 9.97 Å². The fourth-order valence-corrected chi connectivity index (χ4v) is 12.8. The molecule has 7 rings (SSSR count). The molecule has 0 aliphatic carbocycles. The summed E-state index contributed by atoms with van der Waals surface area (Å²) in [6.07, 6.45) is 18.7. The van der Waals surface area contributed by atoms with Crippen LogP contribution in [0.15, 0.2) is 30.3 Å². The average Bonchev–Trinajstić information content (AvgIpc) is 4.21. The second-order valence-corrected chi connectivity index (χ2v) is 20.3. The van der Waals surface area contributed by atoms with Crippen LogP contribution in [0.5, 0.6) is 0 Å². The number of nitrogens with one attached hydrogen (secondary N) is 2. The summed E-state index contributed by atoms with van der Waals surface area (Å²) in [5.41, 5.74) is 22.3. The van der Waals surface area contributed by atoms with Gasteiger partial charge in [0.25, 0.3) is 0 Å². The maximum absolute atomic E-state index is 10.1. The number of allylic oxidation sites excluding steroid dienone is 4. The van der Waals surface area contributed by atoms with E-state index in [9.17, 15) is 5.26 Å². The number of rotatable bonds is 19. The van der Waals surface area contributed by atoms with Crippen molar-refractivity contribution < 1.29 is 0 Å². The largest absolute Gasteiger partial charge is 0.355 e. The van der Waals surface area contributed by atoms with Crippen molar-refractivity contribution in [1.82, 2.24) is 19.9 Å². The molecule has 7 heterocycles. The Morgan fingerprint density at radius 3 is 1.28 bits per heavy atom. The average molecular weight is 940 g/mol. The van der Waals surface area contributed by atoms with Gasteiger partial charge >= 0.3 is 0 Å². The zero-order valence-corrected chi connectivity index (χ0v) is 44.4. The van der Waals surface area contributed by atoms with E-state index in [1.165, 1.54) is 115 Å². The first-order chi connectivity index (χ1) is 33.2. The van der Waals surface area contributed by atoms with Crippen LogP contribution in [0.4, 0.5) is 0 Å². The van der Waals surface area contributed by atoms with Crippen LogP contribution in [0.25, 0.3) is 54.1 Å². The highest BCUT2D eigenvalue weighted by atomic mass is 32.1. The number of thiophene rings is 2. The molecule has 0 unspecified atom stereocenters. The number of hydrogen-bond acceptors (Lipinski definition) is 5. The first kappa shape index (κ1) is 50.5. The summed E-state index contributed by atoms with van der Waals surface area (Å²) < 4.78 is 0. The second-order valence-electron chi connectivity index (χ2n) is 18.2. The molecule has 0 saturated carbocycles. The Balaban J connectivity index is 1.48. The number of H-pyrrole nitrogens is 2. The molecule has 0 fully saturated rings. The molecule has 5 aromatic heterocycles. The number of hydrogen-bond donors (Lipinski definition) is 2. The Morgan fingerprint density at radius 2 is 0.868 bits per heavy atom. The van der Waals surface area contributed by atoms with Crippen LogP contribution in [0.2, 0.25) is 0 Å². The third-order valence-electron chi connectivity index (χ3n) is 14.1. The number of aromatic nitrogens is 4. The molecule has 8 bridgehead atoms. The Bertz CT molecular complexity index is 2930. The Hall–Kier alpha value is -5.39. The number of fused-ring (bicyclic) bond motifs is 8. The van der Waals surface area contributed by atoms with Crippen molar-refractivity contribution in [2.75, 3.05) is 0 Å². The zero-order chi connectivity index (χ0) is 48.3. The van der Waals surface area contributed by atoms with Gasteiger partial charge in [0.2, 0.25) is 0 Å². The summed E-state index contributed by atoms with van der Waals surface area (Å²) >= 11 is 3.38. The van der Waals surface area contributed by atoms with Crippen LogP contribution in [0.3, 0.4) is 0 Å². The smallest absolute Gasteiger partial charge is 0.110 e. The highest BCUT2D eigenvalue weighted by Crippen LogP contribution is 2.42. The minimum atomic E-state index is 0.837. The topological polar surface area (TPSA) is 81.2 Å².